The van der Waals surface area contributed by atoms with E-state index >= 15 is 0 Å². The molecule has 0 radical (unpaired) electrons. The second kappa shape index (κ2) is 9.28. The van der Waals surface area contributed by atoms with Gasteiger partial charge in [-0.15, -0.1) is 11.8 Å². The molecule has 0 fully saturated rings. The SMILES string of the molecule is Cc1ccc(CNC(=O)CSc2nc3c(c(=O)n2-c2ccc(F)cc2)SC(C)C3)cc1. The van der Waals surface area contributed by atoms with Crippen LogP contribution in [0, 0.1) is 12.7 Å². The van der Waals surface area contributed by atoms with Gasteiger partial charge in [-0.3, -0.25) is 14.2 Å². The molecule has 31 heavy (non-hydrogen) atoms. The third kappa shape index (κ3) is 5.02. The summed E-state index contributed by atoms with van der Waals surface area (Å²) in [5.74, 6) is -0.395. The van der Waals surface area contributed by atoms with Crippen LogP contribution in [0.25, 0.3) is 5.69 Å². The number of aromatic nitrogens is 2. The lowest BCUT2D eigenvalue weighted by Gasteiger charge is -2.13. The van der Waals surface area contributed by atoms with Gasteiger partial charge in [-0.05, 0) is 36.8 Å². The average molecular weight is 456 g/mol. The van der Waals surface area contributed by atoms with E-state index in [1.165, 1.54) is 45.8 Å². The highest BCUT2D eigenvalue weighted by Crippen LogP contribution is 2.34. The molecular formula is C23H22FN3O2S2. The van der Waals surface area contributed by atoms with Crippen LogP contribution in [0.15, 0.2) is 63.4 Å². The van der Waals surface area contributed by atoms with Gasteiger partial charge >= 0.3 is 0 Å². The first-order valence-corrected chi connectivity index (χ1v) is 11.8. The van der Waals surface area contributed by atoms with Crippen molar-refractivity contribution in [1.82, 2.24) is 14.9 Å². The molecule has 160 valence electrons. The van der Waals surface area contributed by atoms with E-state index in [1.807, 2.05) is 31.2 Å². The molecule has 1 aliphatic heterocycles. The predicted molar refractivity (Wildman–Crippen MR) is 123 cm³/mol. The van der Waals surface area contributed by atoms with Crippen LogP contribution in [0.5, 0.6) is 0 Å². The first-order valence-electron chi connectivity index (χ1n) is 9.94. The molecule has 8 heteroatoms. The number of nitrogens with one attached hydrogen (secondary N) is 1. The molecule has 0 bridgehead atoms. The van der Waals surface area contributed by atoms with Gasteiger partial charge in [0.2, 0.25) is 5.91 Å². The summed E-state index contributed by atoms with van der Waals surface area (Å²) < 4.78 is 14.9. The molecule has 0 saturated heterocycles. The first-order chi connectivity index (χ1) is 14.9. The Labute approximate surface area is 188 Å². The van der Waals surface area contributed by atoms with Gasteiger partial charge in [0, 0.05) is 18.2 Å². The number of hydrogen-bond acceptors (Lipinski definition) is 5. The third-order valence-corrected chi connectivity index (χ3v) is 7.06. The number of hydrogen-bond donors (Lipinski definition) is 1. The summed E-state index contributed by atoms with van der Waals surface area (Å²) in [5, 5.41) is 3.61. The maximum atomic E-state index is 13.4. The predicted octanol–water partition coefficient (Wildman–Crippen LogP) is 4.13. The lowest BCUT2D eigenvalue weighted by Crippen LogP contribution is -2.27. The summed E-state index contributed by atoms with van der Waals surface area (Å²) in [5.41, 5.74) is 3.31. The van der Waals surface area contributed by atoms with Crippen molar-refractivity contribution in [2.24, 2.45) is 0 Å². The lowest BCUT2D eigenvalue weighted by molar-refractivity contribution is -0.118. The van der Waals surface area contributed by atoms with Crippen molar-refractivity contribution < 1.29 is 9.18 Å². The van der Waals surface area contributed by atoms with Crippen molar-refractivity contribution in [1.29, 1.82) is 0 Å². The molecule has 2 heterocycles. The number of halogens is 1. The fraction of sp³-hybridized carbons (Fsp3) is 0.261. The normalized spacial score (nSPS) is 15.0. The van der Waals surface area contributed by atoms with Gasteiger partial charge in [-0.2, -0.15) is 0 Å². The molecule has 1 amide bonds. The quantitative estimate of drug-likeness (QED) is 0.447. The van der Waals surface area contributed by atoms with Crippen molar-refractivity contribution in [2.45, 2.75) is 42.1 Å². The number of rotatable bonds is 6. The molecule has 2 aromatic carbocycles. The molecule has 4 rings (SSSR count). The lowest BCUT2D eigenvalue weighted by atomic mass is 10.1. The number of thioether (sulfide) groups is 2. The second-order valence-electron chi connectivity index (χ2n) is 7.47. The molecule has 1 aliphatic rings. The highest BCUT2D eigenvalue weighted by molar-refractivity contribution is 8.00. The zero-order valence-electron chi connectivity index (χ0n) is 17.2. The number of aryl methyl sites for hydroxylation is 1. The minimum atomic E-state index is -0.376. The van der Waals surface area contributed by atoms with E-state index in [-0.39, 0.29) is 28.3 Å². The Morgan fingerprint density at radius 3 is 2.65 bits per heavy atom. The minimum absolute atomic E-state index is 0.126. The molecule has 0 aliphatic carbocycles. The van der Waals surface area contributed by atoms with Crippen molar-refractivity contribution >= 4 is 29.4 Å². The zero-order valence-corrected chi connectivity index (χ0v) is 18.9. The monoisotopic (exact) mass is 455 g/mol. The fourth-order valence-corrected chi connectivity index (χ4v) is 5.26. The largest absolute Gasteiger partial charge is 0.351 e. The minimum Gasteiger partial charge on any atom is -0.351 e. The number of carbonyl (C=O) groups excluding carboxylic acids is 1. The summed E-state index contributed by atoms with van der Waals surface area (Å²) >= 11 is 2.72. The molecule has 1 N–H and O–H groups in total. The van der Waals surface area contributed by atoms with Crippen LogP contribution in [-0.2, 0) is 17.8 Å². The Morgan fingerprint density at radius 1 is 1.23 bits per heavy atom. The third-order valence-electron chi connectivity index (χ3n) is 4.91. The molecule has 1 aromatic heterocycles. The molecular weight excluding hydrogens is 433 g/mol. The van der Waals surface area contributed by atoms with Crippen LogP contribution in [0.2, 0.25) is 0 Å². The van der Waals surface area contributed by atoms with E-state index < -0.39 is 0 Å². The van der Waals surface area contributed by atoms with Crippen molar-refractivity contribution in [3.05, 3.63) is 81.5 Å². The number of benzene rings is 2. The smallest absolute Gasteiger partial charge is 0.272 e. The number of nitrogens with zero attached hydrogens (tertiary/aromatic N) is 2. The van der Waals surface area contributed by atoms with Crippen molar-refractivity contribution in [2.75, 3.05) is 5.75 Å². The van der Waals surface area contributed by atoms with Gasteiger partial charge in [-0.1, -0.05) is 48.5 Å². The van der Waals surface area contributed by atoms with E-state index in [4.69, 9.17) is 4.98 Å². The van der Waals surface area contributed by atoms with Crippen LogP contribution >= 0.6 is 23.5 Å². The fourth-order valence-electron chi connectivity index (χ4n) is 3.30. The Bertz CT molecular complexity index is 1160. The molecule has 1 atom stereocenters. The van der Waals surface area contributed by atoms with E-state index in [2.05, 4.69) is 12.2 Å². The average Bonchev–Trinajstić information content (AvgIpc) is 3.13. The van der Waals surface area contributed by atoms with E-state index in [9.17, 15) is 14.0 Å². The van der Waals surface area contributed by atoms with Gasteiger partial charge in [0.1, 0.15) is 5.82 Å². The van der Waals surface area contributed by atoms with E-state index in [0.29, 0.717) is 28.7 Å². The maximum absolute atomic E-state index is 13.4. The summed E-state index contributed by atoms with van der Waals surface area (Å²) in [4.78, 5) is 30.9. The molecule has 0 spiro atoms. The Morgan fingerprint density at radius 2 is 1.94 bits per heavy atom. The van der Waals surface area contributed by atoms with Gasteiger partial charge < -0.3 is 5.32 Å². The number of amides is 1. The summed E-state index contributed by atoms with van der Waals surface area (Å²) in [7, 11) is 0. The summed E-state index contributed by atoms with van der Waals surface area (Å²) in [6.07, 6.45) is 0.715. The van der Waals surface area contributed by atoms with E-state index in [1.54, 1.807) is 12.1 Å². The first kappa shape index (κ1) is 21.6. The van der Waals surface area contributed by atoms with Crippen molar-refractivity contribution in [3.8, 4) is 5.69 Å². The van der Waals surface area contributed by atoms with Gasteiger partial charge in [0.15, 0.2) is 5.16 Å². The summed E-state index contributed by atoms with van der Waals surface area (Å²) in [6, 6.07) is 13.7. The second-order valence-corrected chi connectivity index (χ2v) is 9.86. The van der Waals surface area contributed by atoms with E-state index in [0.717, 1.165) is 11.3 Å². The van der Waals surface area contributed by atoms with Gasteiger partial charge in [0.05, 0.1) is 22.0 Å². The Hall–Kier alpha value is -2.58. The zero-order chi connectivity index (χ0) is 22.0. The Kier molecular flexibility index (Phi) is 6.48. The van der Waals surface area contributed by atoms with Crippen LogP contribution in [-0.4, -0.2) is 26.5 Å². The highest BCUT2D eigenvalue weighted by Gasteiger charge is 2.27. The maximum Gasteiger partial charge on any atom is 0.272 e. The Balaban J connectivity index is 1.54. The van der Waals surface area contributed by atoms with Crippen LogP contribution in [0.4, 0.5) is 4.39 Å². The molecule has 0 saturated carbocycles. The standard InChI is InChI=1S/C23H22FN3O2S2/c1-14-3-5-16(6-4-14)12-25-20(28)13-30-23-26-19-11-15(2)31-21(19)22(29)27(23)18-9-7-17(24)8-10-18/h3-10,15H,11-13H2,1-2H3,(H,25,28). The van der Waals surface area contributed by atoms with Crippen LogP contribution in [0.3, 0.4) is 0 Å². The number of carbonyl (C=O) groups is 1. The molecule has 1 unspecified atom stereocenters. The van der Waals surface area contributed by atoms with Crippen molar-refractivity contribution in [3.63, 3.8) is 0 Å². The summed E-state index contributed by atoms with van der Waals surface area (Å²) in [6.45, 7) is 4.51. The van der Waals surface area contributed by atoms with Crippen LogP contribution < -0.4 is 10.9 Å². The number of fused-ring (bicyclic) bond motifs is 1. The highest BCUT2D eigenvalue weighted by atomic mass is 32.2. The van der Waals surface area contributed by atoms with Gasteiger partial charge in [-0.25, -0.2) is 9.37 Å². The topological polar surface area (TPSA) is 64.0 Å². The van der Waals surface area contributed by atoms with Crippen LogP contribution in [0.1, 0.15) is 23.7 Å². The van der Waals surface area contributed by atoms with Gasteiger partial charge in [0.25, 0.3) is 5.56 Å². The molecule has 5 nitrogen and oxygen atoms in total. The molecule has 3 aromatic rings.